The molecular weight excluding hydrogens is 252 g/mol. The molecule has 112 valence electrons. The van der Waals surface area contributed by atoms with Crippen molar-refractivity contribution in [1.29, 1.82) is 0 Å². The van der Waals surface area contributed by atoms with E-state index in [2.05, 4.69) is 25.8 Å². The first kappa shape index (κ1) is 16.6. The van der Waals surface area contributed by atoms with Crippen LogP contribution in [-0.4, -0.2) is 22.1 Å². The lowest BCUT2D eigenvalue weighted by Gasteiger charge is -2.35. The lowest BCUT2D eigenvalue weighted by molar-refractivity contribution is 0.0725. The van der Waals surface area contributed by atoms with E-state index in [1.54, 1.807) is 18.3 Å². The summed E-state index contributed by atoms with van der Waals surface area (Å²) in [6, 6.07) is 3.29. The van der Waals surface area contributed by atoms with Crippen molar-refractivity contribution in [3.8, 4) is 0 Å². The number of aliphatic hydroxyl groups excluding tert-OH is 1. The number of hydrogen-bond donors (Lipinski definition) is 2. The Labute approximate surface area is 121 Å². The molecule has 1 heterocycles. The second kappa shape index (κ2) is 7.39. The van der Waals surface area contributed by atoms with Gasteiger partial charge in [-0.25, -0.2) is 0 Å². The molecule has 1 fully saturated rings. The maximum atomic E-state index is 10.4. The molecule has 4 nitrogen and oxygen atoms in total. The van der Waals surface area contributed by atoms with E-state index < -0.39 is 5.91 Å². The van der Waals surface area contributed by atoms with Crippen LogP contribution in [0.2, 0.25) is 0 Å². The lowest BCUT2D eigenvalue weighted by atomic mass is 9.72. The number of pyridine rings is 1. The minimum atomic E-state index is -0.442. The van der Waals surface area contributed by atoms with Crippen LogP contribution >= 0.6 is 0 Å². The van der Waals surface area contributed by atoms with Gasteiger partial charge < -0.3 is 10.8 Å². The molecule has 1 aliphatic carbocycles. The van der Waals surface area contributed by atoms with Gasteiger partial charge in [0, 0.05) is 12.4 Å². The standard InChI is InChI=1S/C10H20O.C6H6N2O/c1-10(2,3)8-4-6-9(11)7-5-8;7-6(9)5-2-1-3-8-4-5/h8-9,11H,4-7H2,1-3H3;1-4H,(H2,7,9). The molecule has 20 heavy (non-hydrogen) atoms. The van der Waals surface area contributed by atoms with Gasteiger partial charge in [0.1, 0.15) is 0 Å². The molecule has 2 rings (SSSR count). The molecule has 0 spiro atoms. The molecule has 0 radical (unpaired) electrons. The van der Waals surface area contributed by atoms with Gasteiger partial charge in [0.25, 0.3) is 0 Å². The molecule has 4 heteroatoms. The van der Waals surface area contributed by atoms with Crippen LogP contribution in [0.3, 0.4) is 0 Å². The van der Waals surface area contributed by atoms with E-state index in [0.29, 0.717) is 11.0 Å². The summed E-state index contributed by atoms with van der Waals surface area (Å²) in [5.41, 5.74) is 5.82. The predicted molar refractivity (Wildman–Crippen MR) is 80.2 cm³/mol. The Kier molecular flexibility index (Phi) is 6.14. The Morgan fingerprint density at radius 2 is 1.90 bits per heavy atom. The zero-order chi connectivity index (χ0) is 15.2. The first-order valence-electron chi connectivity index (χ1n) is 7.18. The Hall–Kier alpha value is -1.42. The fourth-order valence-corrected chi connectivity index (χ4v) is 2.45. The van der Waals surface area contributed by atoms with Crippen LogP contribution in [0.1, 0.15) is 56.8 Å². The third-order valence-electron chi connectivity index (χ3n) is 3.87. The van der Waals surface area contributed by atoms with Gasteiger partial charge in [-0.05, 0) is 49.1 Å². The van der Waals surface area contributed by atoms with Gasteiger partial charge in [0.2, 0.25) is 5.91 Å². The van der Waals surface area contributed by atoms with E-state index >= 15 is 0 Å². The highest BCUT2D eigenvalue weighted by molar-refractivity contribution is 5.92. The van der Waals surface area contributed by atoms with Gasteiger partial charge >= 0.3 is 0 Å². The van der Waals surface area contributed by atoms with Crippen molar-refractivity contribution in [2.75, 3.05) is 0 Å². The Morgan fingerprint density at radius 3 is 2.25 bits per heavy atom. The zero-order valence-corrected chi connectivity index (χ0v) is 12.7. The molecule has 1 saturated carbocycles. The fourth-order valence-electron chi connectivity index (χ4n) is 2.45. The van der Waals surface area contributed by atoms with E-state index in [1.165, 1.54) is 19.0 Å². The quantitative estimate of drug-likeness (QED) is 0.829. The molecule has 1 aromatic rings. The number of amides is 1. The van der Waals surface area contributed by atoms with Crippen molar-refractivity contribution in [3.05, 3.63) is 30.1 Å². The van der Waals surface area contributed by atoms with E-state index in [1.807, 2.05) is 0 Å². The average molecular weight is 278 g/mol. The molecule has 0 bridgehead atoms. The number of nitrogens with two attached hydrogens (primary N) is 1. The summed E-state index contributed by atoms with van der Waals surface area (Å²) in [5.74, 6) is 0.383. The van der Waals surface area contributed by atoms with Gasteiger partial charge in [-0.3, -0.25) is 9.78 Å². The molecule has 1 aliphatic rings. The smallest absolute Gasteiger partial charge is 0.250 e. The van der Waals surface area contributed by atoms with Crippen molar-refractivity contribution in [3.63, 3.8) is 0 Å². The monoisotopic (exact) mass is 278 g/mol. The van der Waals surface area contributed by atoms with Crippen molar-refractivity contribution in [2.45, 2.75) is 52.6 Å². The molecule has 3 N–H and O–H groups in total. The topological polar surface area (TPSA) is 76.2 Å². The van der Waals surface area contributed by atoms with Crippen LogP contribution in [0.15, 0.2) is 24.5 Å². The van der Waals surface area contributed by atoms with Crippen LogP contribution in [0.5, 0.6) is 0 Å². The summed E-state index contributed by atoms with van der Waals surface area (Å²) in [4.78, 5) is 14.1. The molecule has 1 aromatic heterocycles. The number of aromatic nitrogens is 1. The lowest BCUT2D eigenvalue weighted by Crippen LogP contribution is -2.27. The van der Waals surface area contributed by atoms with Gasteiger partial charge in [-0.15, -0.1) is 0 Å². The minimum absolute atomic E-state index is 0.00593. The minimum Gasteiger partial charge on any atom is -0.393 e. The van der Waals surface area contributed by atoms with E-state index in [0.717, 1.165) is 18.8 Å². The van der Waals surface area contributed by atoms with E-state index in [-0.39, 0.29) is 6.10 Å². The van der Waals surface area contributed by atoms with Gasteiger partial charge in [0.15, 0.2) is 0 Å². The summed E-state index contributed by atoms with van der Waals surface area (Å²) >= 11 is 0. The van der Waals surface area contributed by atoms with Crippen molar-refractivity contribution >= 4 is 5.91 Å². The summed E-state index contributed by atoms with van der Waals surface area (Å²) < 4.78 is 0. The fraction of sp³-hybridized carbons (Fsp3) is 0.625. The van der Waals surface area contributed by atoms with E-state index in [9.17, 15) is 9.90 Å². The highest BCUT2D eigenvalue weighted by atomic mass is 16.3. The van der Waals surface area contributed by atoms with Crippen molar-refractivity contribution in [1.82, 2.24) is 4.98 Å². The Balaban J connectivity index is 0.000000204. The highest BCUT2D eigenvalue weighted by Crippen LogP contribution is 2.37. The molecule has 0 aliphatic heterocycles. The van der Waals surface area contributed by atoms with Gasteiger partial charge in [0.05, 0.1) is 11.7 Å². The van der Waals surface area contributed by atoms with Crippen LogP contribution < -0.4 is 5.73 Å². The summed E-state index contributed by atoms with van der Waals surface area (Å²) in [5, 5.41) is 9.29. The summed E-state index contributed by atoms with van der Waals surface area (Å²) in [6.45, 7) is 6.90. The van der Waals surface area contributed by atoms with Crippen LogP contribution in [0.4, 0.5) is 0 Å². The van der Waals surface area contributed by atoms with Crippen LogP contribution in [0.25, 0.3) is 0 Å². The highest BCUT2D eigenvalue weighted by Gasteiger charge is 2.28. The molecule has 0 unspecified atom stereocenters. The van der Waals surface area contributed by atoms with Crippen LogP contribution in [0, 0.1) is 11.3 Å². The predicted octanol–water partition coefficient (Wildman–Crippen LogP) is 2.76. The van der Waals surface area contributed by atoms with E-state index in [4.69, 9.17) is 5.73 Å². The van der Waals surface area contributed by atoms with Crippen LogP contribution in [-0.2, 0) is 0 Å². The summed E-state index contributed by atoms with van der Waals surface area (Å²) in [7, 11) is 0. The number of carbonyl (C=O) groups excluding carboxylic acids is 1. The number of primary amides is 1. The second-order valence-electron chi connectivity index (χ2n) is 6.48. The molecule has 1 amide bonds. The first-order chi connectivity index (χ1) is 9.30. The Bertz CT molecular complexity index is 404. The Morgan fingerprint density at radius 1 is 1.30 bits per heavy atom. The van der Waals surface area contributed by atoms with Crippen molar-refractivity contribution < 1.29 is 9.90 Å². The second-order valence-corrected chi connectivity index (χ2v) is 6.48. The number of hydrogen-bond acceptors (Lipinski definition) is 3. The maximum Gasteiger partial charge on any atom is 0.250 e. The molecular formula is C16H26N2O2. The number of rotatable bonds is 1. The zero-order valence-electron chi connectivity index (χ0n) is 12.7. The third kappa shape index (κ3) is 5.70. The average Bonchev–Trinajstić information content (AvgIpc) is 2.40. The summed E-state index contributed by atoms with van der Waals surface area (Å²) in [6.07, 6.45) is 7.47. The molecule has 0 atom stereocenters. The van der Waals surface area contributed by atoms with Crippen molar-refractivity contribution in [2.24, 2.45) is 17.1 Å². The SMILES string of the molecule is CC(C)(C)C1CCC(O)CC1.NC(=O)c1cccnc1. The molecule has 0 aromatic carbocycles. The largest absolute Gasteiger partial charge is 0.393 e. The normalized spacial score (nSPS) is 22.6. The van der Waals surface area contributed by atoms with Gasteiger partial charge in [-0.2, -0.15) is 0 Å². The molecule has 0 saturated heterocycles. The number of nitrogens with zero attached hydrogens (tertiary/aromatic N) is 1. The maximum absolute atomic E-state index is 10.4. The first-order valence-corrected chi connectivity index (χ1v) is 7.18. The number of aliphatic hydroxyl groups is 1. The number of carbonyl (C=O) groups is 1. The van der Waals surface area contributed by atoms with Gasteiger partial charge in [-0.1, -0.05) is 20.8 Å². The third-order valence-corrected chi connectivity index (χ3v) is 3.87.